The average Bonchev–Trinajstić information content (AvgIpc) is 3.08. The van der Waals surface area contributed by atoms with Crippen molar-refractivity contribution in [1.82, 2.24) is 4.57 Å². The molecule has 0 unspecified atom stereocenters. The number of fused-ring (bicyclic) bond motifs is 3. The highest BCUT2D eigenvalue weighted by molar-refractivity contribution is 8.14. The summed E-state index contributed by atoms with van der Waals surface area (Å²) in [5, 5.41) is 10.5. The SMILES string of the molecule is O=C(O)Cn1c2c(c3cc([C@@H]4CCC[C@H](C5CCCCC5)C4)ccc31)CCSC2=O. The molecule has 1 aromatic carbocycles. The van der Waals surface area contributed by atoms with Gasteiger partial charge in [0.2, 0.25) is 5.12 Å². The molecule has 4 nitrogen and oxygen atoms in total. The second-order valence-electron chi connectivity index (χ2n) is 9.49. The summed E-state index contributed by atoms with van der Waals surface area (Å²) in [6, 6.07) is 6.58. The van der Waals surface area contributed by atoms with Crippen LogP contribution in [-0.2, 0) is 17.8 Å². The van der Waals surface area contributed by atoms with Gasteiger partial charge in [0.25, 0.3) is 0 Å². The van der Waals surface area contributed by atoms with Crippen molar-refractivity contribution in [3.05, 3.63) is 35.0 Å². The zero-order valence-electron chi connectivity index (χ0n) is 17.6. The first-order valence-electron chi connectivity index (χ1n) is 11.7. The zero-order valence-corrected chi connectivity index (χ0v) is 18.4. The van der Waals surface area contributed by atoms with Gasteiger partial charge in [0.15, 0.2) is 0 Å². The minimum Gasteiger partial charge on any atom is -0.480 e. The largest absolute Gasteiger partial charge is 0.480 e. The number of carbonyl (C=O) groups is 2. The van der Waals surface area contributed by atoms with Gasteiger partial charge in [-0.2, -0.15) is 0 Å². The monoisotopic (exact) mass is 425 g/mol. The van der Waals surface area contributed by atoms with Crippen LogP contribution in [0.5, 0.6) is 0 Å². The predicted octanol–water partition coefficient (Wildman–Crippen LogP) is 6.01. The third-order valence-electron chi connectivity index (χ3n) is 7.77. The first kappa shape index (κ1) is 20.2. The zero-order chi connectivity index (χ0) is 20.7. The molecule has 0 spiro atoms. The highest BCUT2D eigenvalue weighted by Crippen LogP contribution is 2.44. The normalized spacial score (nSPS) is 25.4. The number of aromatic nitrogens is 1. The van der Waals surface area contributed by atoms with E-state index in [-0.39, 0.29) is 11.7 Å². The smallest absolute Gasteiger partial charge is 0.323 e. The number of benzene rings is 1. The van der Waals surface area contributed by atoms with E-state index in [0.29, 0.717) is 11.6 Å². The molecule has 1 aromatic heterocycles. The molecule has 5 heteroatoms. The predicted molar refractivity (Wildman–Crippen MR) is 121 cm³/mol. The Kier molecular flexibility index (Phi) is 5.65. The van der Waals surface area contributed by atoms with Crippen LogP contribution in [0, 0.1) is 11.8 Å². The van der Waals surface area contributed by atoms with E-state index >= 15 is 0 Å². The van der Waals surface area contributed by atoms with E-state index in [1.807, 2.05) is 0 Å². The number of nitrogens with zero attached hydrogens (tertiary/aromatic N) is 1. The molecule has 2 atom stereocenters. The Morgan fingerprint density at radius 1 is 1.07 bits per heavy atom. The lowest BCUT2D eigenvalue weighted by atomic mass is 9.69. The summed E-state index contributed by atoms with van der Waals surface area (Å²) in [5.41, 5.74) is 3.98. The average molecular weight is 426 g/mol. The van der Waals surface area contributed by atoms with Gasteiger partial charge in [0.05, 0.1) is 0 Å². The summed E-state index contributed by atoms with van der Waals surface area (Å²) < 4.78 is 1.73. The summed E-state index contributed by atoms with van der Waals surface area (Å²) in [7, 11) is 0. The van der Waals surface area contributed by atoms with Gasteiger partial charge in [-0.3, -0.25) is 9.59 Å². The molecule has 0 amide bonds. The van der Waals surface area contributed by atoms with Crippen molar-refractivity contribution in [2.75, 3.05) is 5.75 Å². The highest BCUT2D eigenvalue weighted by atomic mass is 32.2. The van der Waals surface area contributed by atoms with Crippen molar-refractivity contribution in [1.29, 1.82) is 0 Å². The molecule has 2 heterocycles. The fraction of sp³-hybridized carbons (Fsp3) is 0.600. The lowest BCUT2D eigenvalue weighted by molar-refractivity contribution is -0.137. The molecule has 1 aliphatic heterocycles. The quantitative estimate of drug-likeness (QED) is 0.652. The Hall–Kier alpha value is -1.75. The molecule has 1 N–H and O–H groups in total. The minimum atomic E-state index is -0.898. The van der Waals surface area contributed by atoms with Crippen LogP contribution in [0.25, 0.3) is 10.9 Å². The number of hydrogen-bond acceptors (Lipinski definition) is 3. The number of hydrogen-bond donors (Lipinski definition) is 1. The fourth-order valence-electron chi connectivity index (χ4n) is 6.36. The maximum absolute atomic E-state index is 12.6. The fourth-order valence-corrected chi connectivity index (χ4v) is 7.22. The Morgan fingerprint density at radius 2 is 1.87 bits per heavy atom. The molecule has 3 aliphatic rings. The minimum absolute atomic E-state index is 0.0188. The summed E-state index contributed by atoms with van der Waals surface area (Å²) in [6.45, 7) is -0.148. The maximum atomic E-state index is 12.6. The van der Waals surface area contributed by atoms with E-state index in [4.69, 9.17) is 0 Å². The first-order valence-corrected chi connectivity index (χ1v) is 12.6. The van der Waals surface area contributed by atoms with E-state index in [1.54, 1.807) is 4.57 Å². The van der Waals surface area contributed by atoms with Crippen LogP contribution in [0.3, 0.4) is 0 Å². The molecule has 160 valence electrons. The number of carboxylic acids is 1. The Bertz CT molecular complexity index is 972. The Labute approximate surface area is 182 Å². The van der Waals surface area contributed by atoms with Gasteiger partial charge in [-0.25, -0.2) is 0 Å². The van der Waals surface area contributed by atoms with E-state index in [9.17, 15) is 14.7 Å². The van der Waals surface area contributed by atoms with Crippen molar-refractivity contribution in [2.45, 2.75) is 76.7 Å². The van der Waals surface area contributed by atoms with Gasteiger partial charge in [-0.05, 0) is 60.3 Å². The van der Waals surface area contributed by atoms with Gasteiger partial charge in [-0.1, -0.05) is 62.8 Å². The molecule has 0 radical (unpaired) electrons. The molecule has 30 heavy (non-hydrogen) atoms. The van der Waals surface area contributed by atoms with Crippen LogP contribution >= 0.6 is 11.8 Å². The second kappa shape index (κ2) is 8.41. The molecule has 2 fully saturated rings. The van der Waals surface area contributed by atoms with E-state index < -0.39 is 5.97 Å². The molecular weight excluding hydrogens is 394 g/mol. The Morgan fingerprint density at radius 3 is 2.67 bits per heavy atom. The second-order valence-corrected chi connectivity index (χ2v) is 10.6. The molecule has 5 rings (SSSR count). The number of aryl methyl sites for hydroxylation is 1. The van der Waals surface area contributed by atoms with Crippen molar-refractivity contribution < 1.29 is 14.7 Å². The van der Waals surface area contributed by atoms with Crippen LogP contribution in [0.15, 0.2) is 18.2 Å². The third kappa shape index (κ3) is 3.70. The Balaban J connectivity index is 1.48. The van der Waals surface area contributed by atoms with E-state index in [0.717, 1.165) is 40.5 Å². The van der Waals surface area contributed by atoms with Gasteiger partial charge in [-0.15, -0.1) is 0 Å². The van der Waals surface area contributed by atoms with Crippen LogP contribution in [0.1, 0.15) is 85.3 Å². The van der Waals surface area contributed by atoms with Crippen LogP contribution < -0.4 is 0 Å². The molecule has 2 saturated carbocycles. The van der Waals surface area contributed by atoms with Crippen molar-refractivity contribution >= 4 is 33.7 Å². The van der Waals surface area contributed by atoms with Crippen LogP contribution in [0.4, 0.5) is 0 Å². The molecule has 0 saturated heterocycles. The summed E-state index contributed by atoms with van der Waals surface area (Å²) >= 11 is 1.31. The first-order chi connectivity index (χ1) is 14.6. The maximum Gasteiger partial charge on any atom is 0.323 e. The lowest BCUT2D eigenvalue weighted by Crippen LogP contribution is -2.23. The van der Waals surface area contributed by atoms with Crippen molar-refractivity contribution in [2.24, 2.45) is 11.8 Å². The van der Waals surface area contributed by atoms with Gasteiger partial charge in [0, 0.05) is 16.7 Å². The van der Waals surface area contributed by atoms with E-state index in [2.05, 4.69) is 18.2 Å². The molecule has 0 bridgehead atoms. The molecular formula is C25H31NO3S. The van der Waals surface area contributed by atoms with E-state index in [1.165, 1.54) is 75.1 Å². The highest BCUT2D eigenvalue weighted by Gasteiger charge is 2.31. The lowest BCUT2D eigenvalue weighted by Gasteiger charge is -2.36. The summed E-state index contributed by atoms with van der Waals surface area (Å²) in [4.78, 5) is 24.1. The summed E-state index contributed by atoms with van der Waals surface area (Å²) in [5.74, 6) is 2.27. The molecule has 2 aliphatic carbocycles. The summed E-state index contributed by atoms with van der Waals surface area (Å²) in [6.07, 6.45) is 13.2. The molecule has 2 aromatic rings. The number of aliphatic carboxylic acids is 1. The third-order valence-corrected chi connectivity index (χ3v) is 8.63. The number of carbonyl (C=O) groups excluding carboxylic acids is 1. The number of thioether (sulfide) groups is 1. The van der Waals surface area contributed by atoms with Gasteiger partial charge < -0.3 is 9.67 Å². The van der Waals surface area contributed by atoms with Crippen molar-refractivity contribution in [3.63, 3.8) is 0 Å². The van der Waals surface area contributed by atoms with Crippen molar-refractivity contribution in [3.8, 4) is 0 Å². The standard InChI is InChI=1S/C25H31NO3S/c27-23(28)15-26-22-10-9-19(14-21(22)20-11-12-30-25(29)24(20)26)18-8-4-7-17(13-18)16-5-2-1-3-6-16/h9-10,14,16-18H,1-8,11-13,15H2,(H,27,28)/t17-,18+/m0/s1. The van der Waals surface area contributed by atoms with Gasteiger partial charge in [0.1, 0.15) is 12.2 Å². The van der Waals surface area contributed by atoms with Gasteiger partial charge >= 0.3 is 5.97 Å². The topological polar surface area (TPSA) is 59.3 Å². The van der Waals surface area contributed by atoms with Crippen LogP contribution in [-0.4, -0.2) is 26.5 Å². The number of rotatable bonds is 4. The van der Waals surface area contributed by atoms with Crippen LogP contribution in [0.2, 0.25) is 0 Å². The number of carboxylic acid groups (broad SMARTS) is 1.